The Morgan fingerprint density at radius 3 is 2.70 bits per heavy atom. The molecule has 0 spiro atoms. The number of carbonyl (C=O) groups is 1. The molecule has 0 aliphatic carbocycles. The Morgan fingerprint density at radius 1 is 1.45 bits per heavy atom. The highest BCUT2D eigenvalue weighted by molar-refractivity contribution is 9.10. The van der Waals surface area contributed by atoms with Crippen LogP contribution in [0.3, 0.4) is 0 Å². The first-order valence-corrected chi connectivity index (χ1v) is 7.98. The van der Waals surface area contributed by atoms with Crippen LogP contribution in [0.4, 0.5) is 0 Å². The van der Waals surface area contributed by atoms with Crippen LogP contribution in [0, 0.1) is 5.41 Å². The normalized spacial score (nSPS) is 18.8. The Labute approximate surface area is 133 Å². The number of nitrogens with zero attached hydrogens (tertiary/aromatic N) is 1. The average molecular weight is 360 g/mol. The standard InChI is InChI=1S/C15H20BrClN2O/c1-15(5-7-19(2)8-6-15)10-18-14(20)11-3-4-13(17)12(16)9-11/h3-4,9H,5-8,10H2,1-2H3,(H,18,20). The van der Waals surface area contributed by atoms with Gasteiger partial charge in [-0.05, 0) is 72.5 Å². The van der Waals surface area contributed by atoms with Gasteiger partial charge in [-0.25, -0.2) is 0 Å². The van der Waals surface area contributed by atoms with Crippen molar-refractivity contribution in [1.29, 1.82) is 0 Å². The largest absolute Gasteiger partial charge is 0.351 e. The van der Waals surface area contributed by atoms with Crippen LogP contribution in [0.5, 0.6) is 0 Å². The van der Waals surface area contributed by atoms with E-state index < -0.39 is 0 Å². The zero-order valence-electron chi connectivity index (χ0n) is 11.9. The third-order valence-corrected chi connectivity index (χ3v) is 5.27. The summed E-state index contributed by atoms with van der Waals surface area (Å²) >= 11 is 9.28. The highest BCUT2D eigenvalue weighted by Crippen LogP contribution is 2.29. The Kier molecular flexibility index (Phi) is 5.10. The molecule has 1 aromatic carbocycles. The van der Waals surface area contributed by atoms with E-state index in [1.165, 1.54) is 0 Å². The van der Waals surface area contributed by atoms with Gasteiger partial charge in [-0.2, -0.15) is 0 Å². The highest BCUT2D eigenvalue weighted by atomic mass is 79.9. The van der Waals surface area contributed by atoms with Gasteiger partial charge in [0.15, 0.2) is 0 Å². The van der Waals surface area contributed by atoms with Gasteiger partial charge in [0.05, 0.1) is 5.02 Å². The van der Waals surface area contributed by atoms with Crippen LogP contribution < -0.4 is 5.32 Å². The monoisotopic (exact) mass is 358 g/mol. The molecular weight excluding hydrogens is 340 g/mol. The first-order chi connectivity index (χ1) is 9.39. The van der Waals surface area contributed by atoms with Gasteiger partial charge in [0, 0.05) is 16.6 Å². The summed E-state index contributed by atoms with van der Waals surface area (Å²) in [6.07, 6.45) is 2.24. The summed E-state index contributed by atoms with van der Waals surface area (Å²) in [6.45, 7) is 5.16. The fraction of sp³-hybridized carbons (Fsp3) is 0.533. The lowest BCUT2D eigenvalue weighted by Crippen LogP contribution is -2.43. The number of hydrogen-bond acceptors (Lipinski definition) is 2. The average Bonchev–Trinajstić information content (AvgIpc) is 2.43. The van der Waals surface area contributed by atoms with E-state index in [2.05, 4.69) is 40.1 Å². The molecule has 0 saturated carbocycles. The summed E-state index contributed by atoms with van der Waals surface area (Å²) in [4.78, 5) is 14.5. The lowest BCUT2D eigenvalue weighted by molar-refractivity contribution is 0.0891. The van der Waals surface area contributed by atoms with Crippen LogP contribution in [-0.2, 0) is 0 Å². The highest BCUT2D eigenvalue weighted by Gasteiger charge is 2.29. The molecule has 0 atom stereocenters. The van der Waals surface area contributed by atoms with Gasteiger partial charge in [0.1, 0.15) is 0 Å². The molecular formula is C15H20BrClN2O. The minimum absolute atomic E-state index is 0.0393. The molecule has 110 valence electrons. The Bertz CT molecular complexity index is 499. The van der Waals surface area contributed by atoms with Crippen LogP contribution in [0.1, 0.15) is 30.1 Å². The number of likely N-dealkylation sites (tertiary alicyclic amines) is 1. The van der Waals surface area contributed by atoms with Crippen LogP contribution in [0.2, 0.25) is 5.02 Å². The number of hydrogen-bond donors (Lipinski definition) is 1. The third-order valence-electron chi connectivity index (χ3n) is 4.05. The molecule has 0 unspecified atom stereocenters. The molecule has 1 amide bonds. The lowest BCUT2D eigenvalue weighted by atomic mass is 9.80. The van der Waals surface area contributed by atoms with E-state index in [1.807, 2.05) is 0 Å². The fourth-order valence-electron chi connectivity index (χ4n) is 2.37. The van der Waals surface area contributed by atoms with Crippen molar-refractivity contribution in [2.45, 2.75) is 19.8 Å². The fourth-order valence-corrected chi connectivity index (χ4v) is 2.86. The van der Waals surface area contributed by atoms with Crippen molar-refractivity contribution in [3.05, 3.63) is 33.3 Å². The van der Waals surface area contributed by atoms with Gasteiger partial charge < -0.3 is 10.2 Å². The predicted octanol–water partition coefficient (Wildman–Crippen LogP) is 3.56. The van der Waals surface area contributed by atoms with Crippen LogP contribution >= 0.6 is 27.5 Å². The van der Waals surface area contributed by atoms with Crippen LogP contribution in [0.25, 0.3) is 0 Å². The minimum atomic E-state index is -0.0393. The van der Waals surface area contributed by atoms with Gasteiger partial charge in [-0.1, -0.05) is 18.5 Å². The molecule has 0 radical (unpaired) electrons. The zero-order chi connectivity index (χ0) is 14.8. The number of piperidine rings is 1. The second kappa shape index (κ2) is 6.46. The summed E-state index contributed by atoms with van der Waals surface area (Å²) in [5, 5.41) is 3.66. The van der Waals surface area contributed by atoms with Gasteiger partial charge in [-0.15, -0.1) is 0 Å². The van der Waals surface area contributed by atoms with Crippen LogP contribution in [0.15, 0.2) is 22.7 Å². The number of rotatable bonds is 3. The molecule has 1 N–H and O–H groups in total. The summed E-state index contributed by atoms with van der Waals surface area (Å²) < 4.78 is 0.748. The van der Waals surface area contributed by atoms with Crippen molar-refractivity contribution in [1.82, 2.24) is 10.2 Å². The zero-order valence-corrected chi connectivity index (χ0v) is 14.2. The smallest absolute Gasteiger partial charge is 0.251 e. The minimum Gasteiger partial charge on any atom is -0.351 e. The van der Waals surface area contributed by atoms with E-state index in [4.69, 9.17) is 11.6 Å². The maximum absolute atomic E-state index is 12.2. The van der Waals surface area contributed by atoms with Crippen molar-refractivity contribution in [3.63, 3.8) is 0 Å². The van der Waals surface area contributed by atoms with Crippen molar-refractivity contribution in [2.24, 2.45) is 5.41 Å². The quantitative estimate of drug-likeness (QED) is 0.895. The Balaban J connectivity index is 1.93. The summed E-state index contributed by atoms with van der Waals surface area (Å²) in [7, 11) is 2.14. The van der Waals surface area contributed by atoms with E-state index >= 15 is 0 Å². The van der Waals surface area contributed by atoms with E-state index in [0.717, 1.165) is 36.9 Å². The molecule has 0 bridgehead atoms. The Morgan fingerprint density at radius 2 is 2.10 bits per heavy atom. The number of nitrogens with one attached hydrogen (secondary N) is 1. The molecule has 20 heavy (non-hydrogen) atoms. The number of halogens is 2. The van der Waals surface area contributed by atoms with E-state index in [1.54, 1.807) is 18.2 Å². The second-order valence-corrected chi connectivity index (χ2v) is 7.19. The number of carbonyl (C=O) groups excluding carboxylic acids is 1. The predicted molar refractivity (Wildman–Crippen MR) is 86.3 cm³/mol. The molecule has 1 aliphatic heterocycles. The number of amides is 1. The van der Waals surface area contributed by atoms with Gasteiger partial charge in [0.2, 0.25) is 0 Å². The molecule has 1 aliphatic rings. The van der Waals surface area contributed by atoms with Crippen molar-refractivity contribution in [3.8, 4) is 0 Å². The molecule has 1 saturated heterocycles. The summed E-state index contributed by atoms with van der Waals surface area (Å²) in [6, 6.07) is 5.24. The topological polar surface area (TPSA) is 32.3 Å². The molecule has 0 aromatic heterocycles. The number of benzene rings is 1. The first-order valence-electron chi connectivity index (χ1n) is 6.81. The SMILES string of the molecule is CN1CCC(C)(CNC(=O)c2ccc(Cl)c(Br)c2)CC1. The third kappa shape index (κ3) is 3.96. The van der Waals surface area contributed by atoms with Crippen molar-refractivity contribution >= 4 is 33.4 Å². The molecule has 2 rings (SSSR count). The van der Waals surface area contributed by atoms with Gasteiger partial charge >= 0.3 is 0 Å². The summed E-state index contributed by atoms with van der Waals surface area (Å²) in [5.74, 6) is -0.0393. The van der Waals surface area contributed by atoms with Gasteiger partial charge in [0.25, 0.3) is 5.91 Å². The molecule has 1 heterocycles. The first kappa shape index (κ1) is 15.8. The van der Waals surface area contributed by atoms with Crippen molar-refractivity contribution in [2.75, 3.05) is 26.7 Å². The molecule has 1 aromatic rings. The molecule has 5 heteroatoms. The second-order valence-electron chi connectivity index (χ2n) is 5.93. The lowest BCUT2D eigenvalue weighted by Gasteiger charge is -2.37. The maximum atomic E-state index is 12.2. The molecule has 3 nitrogen and oxygen atoms in total. The maximum Gasteiger partial charge on any atom is 0.251 e. The van der Waals surface area contributed by atoms with Crippen LogP contribution in [-0.4, -0.2) is 37.5 Å². The van der Waals surface area contributed by atoms with Crippen molar-refractivity contribution < 1.29 is 4.79 Å². The summed E-state index contributed by atoms with van der Waals surface area (Å²) in [5.41, 5.74) is 0.837. The van der Waals surface area contributed by atoms with Gasteiger partial charge in [-0.3, -0.25) is 4.79 Å². The Hall–Kier alpha value is -0.580. The molecule has 1 fully saturated rings. The van der Waals surface area contributed by atoms with E-state index in [-0.39, 0.29) is 11.3 Å². The van der Waals surface area contributed by atoms with E-state index in [9.17, 15) is 4.79 Å². The van der Waals surface area contributed by atoms with E-state index in [0.29, 0.717) is 10.6 Å².